The first kappa shape index (κ1) is 18.6. The number of aromatic nitrogens is 1. The van der Waals surface area contributed by atoms with Gasteiger partial charge in [-0.1, -0.05) is 6.07 Å². The third-order valence-electron chi connectivity index (χ3n) is 3.00. The molecule has 2 rings (SSSR count). The summed E-state index contributed by atoms with van der Waals surface area (Å²) in [5.74, 6) is -0.879. The largest absolute Gasteiger partial charge is 0.497 e. The Bertz CT molecular complexity index is 754. The van der Waals surface area contributed by atoms with Crippen LogP contribution >= 0.6 is 0 Å². The maximum absolute atomic E-state index is 12.8. The number of nitrogens with one attached hydrogen (secondary N) is 1. The van der Waals surface area contributed by atoms with Gasteiger partial charge in [-0.2, -0.15) is 26.3 Å². The van der Waals surface area contributed by atoms with E-state index in [1.807, 2.05) is 0 Å². The number of ether oxygens (including phenoxy) is 1. The summed E-state index contributed by atoms with van der Waals surface area (Å²) in [6.45, 7) is 0. The monoisotopic (exact) mass is 364 g/mol. The highest BCUT2D eigenvalue weighted by molar-refractivity contribution is 6.03. The van der Waals surface area contributed by atoms with E-state index < -0.39 is 35.2 Å². The van der Waals surface area contributed by atoms with Crippen LogP contribution in [0.2, 0.25) is 0 Å². The molecule has 1 heterocycles. The first-order valence-electron chi connectivity index (χ1n) is 6.62. The Hall–Kier alpha value is -2.78. The molecule has 0 aliphatic carbocycles. The van der Waals surface area contributed by atoms with Crippen molar-refractivity contribution in [3.8, 4) is 5.75 Å². The molecule has 1 aromatic carbocycles. The fraction of sp³-hybridized carbons (Fsp3) is 0.200. The van der Waals surface area contributed by atoms with Gasteiger partial charge in [0.15, 0.2) is 0 Å². The lowest BCUT2D eigenvalue weighted by molar-refractivity contribution is -0.145. The second-order valence-corrected chi connectivity index (χ2v) is 4.81. The lowest BCUT2D eigenvalue weighted by atomic mass is 10.1. The van der Waals surface area contributed by atoms with Crippen molar-refractivity contribution < 1.29 is 35.9 Å². The van der Waals surface area contributed by atoms with Crippen LogP contribution in [0.1, 0.15) is 21.7 Å². The van der Waals surface area contributed by atoms with Crippen LogP contribution in [0.4, 0.5) is 32.0 Å². The van der Waals surface area contributed by atoms with Gasteiger partial charge in [-0.15, -0.1) is 0 Å². The third-order valence-corrected chi connectivity index (χ3v) is 3.00. The molecule has 0 fully saturated rings. The van der Waals surface area contributed by atoms with E-state index in [-0.39, 0.29) is 17.8 Å². The van der Waals surface area contributed by atoms with E-state index in [9.17, 15) is 31.1 Å². The Kier molecular flexibility index (Phi) is 4.91. The number of nitrogens with zero attached hydrogens (tertiary/aromatic N) is 1. The van der Waals surface area contributed by atoms with Gasteiger partial charge in [0.1, 0.15) is 17.1 Å². The van der Waals surface area contributed by atoms with E-state index in [1.165, 1.54) is 25.3 Å². The molecule has 0 spiro atoms. The van der Waals surface area contributed by atoms with Gasteiger partial charge >= 0.3 is 12.4 Å². The zero-order valence-corrected chi connectivity index (χ0v) is 12.5. The van der Waals surface area contributed by atoms with Crippen molar-refractivity contribution in [2.24, 2.45) is 0 Å². The summed E-state index contributed by atoms with van der Waals surface area (Å²) in [4.78, 5) is 15.0. The topological polar surface area (TPSA) is 51.2 Å². The highest BCUT2D eigenvalue weighted by Gasteiger charge is 2.38. The molecule has 10 heteroatoms. The molecule has 0 saturated carbocycles. The predicted molar refractivity (Wildman–Crippen MR) is 75.2 cm³/mol. The Balaban J connectivity index is 2.41. The minimum atomic E-state index is -5.13. The molecule has 0 aliphatic rings. The predicted octanol–water partition coefficient (Wildman–Crippen LogP) is 4.38. The van der Waals surface area contributed by atoms with E-state index in [4.69, 9.17) is 4.74 Å². The van der Waals surface area contributed by atoms with Gasteiger partial charge in [0.2, 0.25) is 0 Å². The Morgan fingerprint density at radius 3 is 2.28 bits per heavy atom. The van der Waals surface area contributed by atoms with Gasteiger partial charge in [0.05, 0.1) is 12.7 Å². The molecule has 1 amide bonds. The van der Waals surface area contributed by atoms with E-state index in [2.05, 4.69) is 10.3 Å². The number of methoxy groups -OCH3 is 1. The SMILES string of the molecule is COc1cccc(NC(=O)c2cc(C(F)(F)F)cc(C(F)(F)F)n2)c1. The molecule has 134 valence electrons. The first-order valence-corrected chi connectivity index (χ1v) is 6.62. The molecular weight excluding hydrogens is 354 g/mol. The number of amides is 1. The van der Waals surface area contributed by atoms with Crippen molar-refractivity contribution in [2.75, 3.05) is 12.4 Å². The molecule has 0 atom stereocenters. The van der Waals surface area contributed by atoms with E-state index >= 15 is 0 Å². The number of rotatable bonds is 3. The van der Waals surface area contributed by atoms with Crippen LogP contribution in [0.25, 0.3) is 0 Å². The summed E-state index contributed by atoms with van der Waals surface area (Å²) in [5.41, 5.74) is -4.31. The van der Waals surface area contributed by atoms with Crippen molar-refractivity contribution in [3.63, 3.8) is 0 Å². The van der Waals surface area contributed by atoms with E-state index in [0.29, 0.717) is 5.75 Å². The number of hydrogen-bond donors (Lipinski definition) is 1. The molecule has 1 aromatic heterocycles. The minimum absolute atomic E-state index is 0.122. The van der Waals surface area contributed by atoms with Crippen LogP contribution in [0.3, 0.4) is 0 Å². The average molecular weight is 364 g/mol. The smallest absolute Gasteiger partial charge is 0.433 e. The standard InChI is InChI=1S/C15H10F6N2O2/c1-25-10-4-2-3-9(7-10)22-13(24)11-5-8(14(16,17)18)6-12(23-11)15(19,20)21/h2-7H,1H3,(H,22,24). The van der Waals surface area contributed by atoms with Crippen molar-refractivity contribution in [1.82, 2.24) is 4.98 Å². The van der Waals surface area contributed by atoms with Gasteiger partial charge in [0, 0.05) is 11.8 Å². The van der Waals surface area contributed by atoms with Crippen molar-refractivity contribution >= 4 is 11.6 Å². The number of benzene rings is 1. The first-order chi connectivity index (χ1) is 11.5. The number of halogens is 6. The normalized spacial score (nSPS) is 12.0. The molecule has 0 unspecified atom stereocenters. The molecule has 0 radical (unpaired) electrons. The van der Waals surface area contributed by atoms with Crippen LogP contribution in [0.5, 0.6) is 5.75 Å². The number of pyridine rings is 1. The van der Waals surface area contributed by atoms with Gasteiger partial charge in [-0.3, -0.25) is 4.79 Å². The Morgan fingerprint density at radius 2 is 1.72 bits per heavy atom. The molecule has 0 aliphatic heterocycles. The summed E-state index contributed by atoms with van der Waals surface area (Å²) >= 11 is 0. The summed E-state index contributed by atoms with van der Waals surface area (Å²) in [6, 6.07) is 5.86. The Labute approximate surface area is 137 Å². The zero-order chi connectivity index (χ0) is 18.8. The maximum Gasteiger partial charge on any atom is 0.433 e. The summed E-state index contributed by atoms with van der Waals surface area (Å²) in [6.07, 6.45) is -10.2. The van der Waals surface area contributed by atoms with E-state index in [1.54, 1.807) is 6.07 Å². The van der Waals surface area contributed by atoms with Gasteiger partial charge < -0.3 is 10.1 Å². The lowest BCUT2D eigenvalue weighted by Gasteiger charge is -2.13. The Morgan fingerprint density at radius 1 is 1.04 bits per heavy atom. The molecule has 1 N–H and O–H groups in total. The number of hydrogen-bond acceptors (Lipinski definition) is 3. The summed E-state index contributed by atoms with van der Waals surface area (Å²) < 4.78 is 81.5. The van der Waals surface area contributed by atoms with Crippen LogP contribution in [-0.2, 0) is 12.4 Å². The van der Waals surface area contributed by atoms with Crippen LogP contribution in [-0.4, -0.2) is 18.0 Å². The van der Waals surface area contributed by atoms with Crippen LogP contribution in [0, 0.1) is 0 Å². The van der Waals surface area contributed by atoms with Crippen LogP contribution in [0.15, 0.2) is 36.4 Å². The molecule has 0 saturated heterocycles. The summed E-state index contributed by atoms with van der Waals surface area (Å²) in [7, 11) is 1.35. The van der Waals surface area contributed by atoms with E-state index in [0.717, 1.165) is 0 Å². The highest BCUT2D eigenvalue weighted by Crippen LogP contribution is 2.35. The molecule has 2 aromatic rings. The lowest BCUT2D eigenvalue weighted by Crippen LogP contribution is -2.20. The molecule has 0 bridgehead atoms. The van der Waals surface area contributed by atoms with Crippen molar-refractivity contribution in [3.05, 3.63) is 53.3 Å². The molecule has 4 nitrogen and oxygen atoms in total. The number of alkyl halides is 6. The quantitative estimate of drug-likeness (QED) is 0.823. The summed E-state index contributed by atoms with van der Waals surface area (Å²) in [5, 5.41) is 2.17. The highest BCUT2D eigenvalue weighted by atomic mass is 19.4. The van der Waals surface area contributed by atoms with Crippen molar-refractivity contribution in [2.45, 2.75) is 12.4 Å². The fourth-order valence-electron chi connectivity index (χ4n) is 1.85. The number of carbonyl (C=O) groups excluding carboxylic acids is 1. The minimum Gasteiger partial charge on any atom is -0.497 e. The van der Waals surface area contributed by atoms with Gasteiger partial charge in [-0.05, 0) is 24.3 Å². The molecule has 25 heavy (non-hydrogen) atoms. The van der Waals surface area contributed by atoms with Crippen molar-refractivity contribution in [1.29, 1.82) is 0 Å². The fourth-order valence-corrected chi connectivity index (χ4v) is 1.85. The maximum atomic E-state index is 12.8. The second kappa shape index (κ2) is 6.61. The number of anilines is 1. The third kappa shape index (κ3) is 4.61. The number of carbonyl (C=O) groups is 1. The van der Waals surface area contributed by atoms with Gasteiger partial charge in [-0.25, -0.2) is 4.98 Å². The van der Waals surface area contributed by atoms with Gasteiger partial charge in [0.25, 0.3) is 5.91 Å². The molecular formula is C15H10F6N2O2. The van der Waals surface area contributed by atoms with Crippen LogP contribution < -0.4 is 10.1 Å². The zero-order valence-electron chi connectivity index (χ0n) is 12.5. The second-order valence-electron chi connectivity index (χ2n) is 4.81. The average Bonchev–Trinajstić information content (AvgIpc) is 2.53.